The van der Waals surface area contributed by atoms with Gasteiger partial charge in [0.15, 0.2) is 0 Å². The Labute approximate surface area is 169 Å². The maximum absolute atomic E-state index is 12.7. The Balaban J connectivity index is 1.65. The summed E-state index contributed by atoms with van der Waals surface area (Å²) in [5, 5.41) is 3.28. The van der Waals surface area contributed by atoms with Crippen LogP contribution in [-0.2, 0) is 0 Å². The van der Waals surface area contributed by atoms with E-state index in [0.717, 1.165) is 11.4 Å². The number of rotatable bonds is 5. The standard InChI is InChI=1S/C20H24ClN3O4/c1-26-17-7-5-4-6-16(17)23-8-10-24(11-9-23)20(25)22-15-12-14(21)18(27-2)13-19(15)28-3/h4-7,12-13H,8-11H2,1-3H3,(H,22,25). The molecule has 0 bridgehead atoms. The third-order valence-corrected chi connectivity index (χ3v) is 5.00. The van der Waals surface area contributed by atoms with Gasteiger partial charge in [-0.25, -0.2) is 4.79 Å². The lowest BCUT2D eigenvalue weighted by molar-refractivity contribution is 0.208. The minimum atomic E-state index is -0.195. The summed E-state index contributed by atoms with van der Waals surface area (Å²) in [5.74, 6) is 1.81. The number of hydrogen-bond donors (Lipinski definition) is 1. The van der Waals surface area contributed by atoms with Crippen molar-refractivity contribution in [2.45, 2.75) is 0 Å². The first-order valence-electron chi connectivity index (χ1n) is 8.92. The first-order valence-corrected chi connectivity index (χ1v) is 9.30. The number of nitrogens with zero attached hydrogens (tertiary/aromatic N) is 2. The van der Waals surface area contributed by atoms with Gasteiger partial charge in [-0.3, -0.25) is 0 Å². The Bertz CT molecular complexity index is 838. The van der Waals surface area contributed by atoms with Gasteiger partial charge < -0.3 is 29.3 Å². The summed E-state index contributed by atoms with van der Waals surface area (Å²) in [4.78, 5) is 16.7. The molecule has 1 fully saturated rings. The number of nitrogens with one attached hydrogen (secondary N) is 1. The van der Waals surface area contributed by atoms with E-state index in [9.17, 15) is 4.79 Å². The fourth-order valence-corrected chi connectivity index (χ4v) is 3.43. The van der Waals surface area contributed by atoms with Gasteiger partial charge in [-0.2, -0.15) is 0 Å². The van der Waals surface area contributed by atoms with Crippen molar-refractivity contribution in [3.63, 3.8) is 0 Å². The Morgan fingerprint density at radius 1 is 0.929 bits per heavy atom. The van der Waals surface area contributed by atoms with Crippen molar-refractivity contribution in [3.05, 3.63) is 41.4 Å². The normalized spacial score (nSPS) is 13.9. The number of carbonyl (C=O) groups is 1. The van der Waals surface area contributed by atoms with Crippen LogP contribution in [-0.4, -0.2) is 58.4 Å². The van der Waals surface area contributed by atoms with Crippen molar-refractivity contribution < 1.29 is 19.0 Å². The van der Waals surface area contributed by atoms with Crippen LogP contribution in [0.4, 0.5) is 16.2 Å². The summed E-state index contributed by atoms with van der Waals surface area (Å²) < 4.78 is 16.0. The molecule has 0 spiro atoms. The lowest BCUT2D eigenvalue weighted by atomic mass is 10.2. The molecular formula is C20H24ClN3O4. The van der Waals surface area contributed by atoms with E-state index in [-0.39, 0.29) is 6.03 Å². The highest BCUT2D eigenvalue weighted by molar-refractivity contribution is 6.32. The number of anilines is 2. The zero-order valence-corrected chi connectivity index (χ0v) is 17.0. The fourth-order valence-electron chi connectivity index (χ4n) is 3.19. The summed E-state index contributed by atoms with van der Waals surface area (Å²) in [6.07, 6.45) is 0. The number of urea groups is 1. The van der Waals surface area contributed by atoms with Crippen molar-refractivity contribution in [1.82, 2.24) is 4.90 Å². The molecule has 150 valence electrons. The highest BCUT2D eigenvalue weighted by Crippen LogP contribution is 2.36. The minimum Gasteiger partial charge on any atom is -0.495 e. The number of benzene rings is 2. The second-order valence-corrected chi connectivity index (χ2v) is 6.67. The van der Waals surface area contributed by atoms with E-state index >= 15 is 0 Å². The molecule has 2 aromatic rings. The fraction of sp³-hybridized carbons (Fsp3) is 0.350. The van der Waals surface area contributed by atoms with Crippen molar-refractivity contribution in [1.29, 1.82) is 0 Å². The number of amides is 2. The van der Waals surface area contributed by atoms with Crippen molar-refractivity contribution in [2.75, 3.05) is 57.7 Å². The van der Waals surface area contributed by atoms with Gasteiger partial charge in [-0.05, 0) is 18.2 Å². The molecule has 0 aliphatic carbocycles. The first kappa shape index (κ1) is 19.9. The van der Waals surface area contributed by atoms with Crippen molar-refractivity contribution in [3.8, 4) is 17.2 Å². The van der Waals surface area contributed by atoms with Crippen LogP contribution in [0.15, 0.2) is 36.4 Å². The highest BCUT2D eigenvalue weighted by atomic mass is 35.5. The maximum atomic E-state index is 12.7. The minimum absolute atomic E-state index is 0.195. The van der Waals surface area contributed by atoms with Crippen LogP contribution in [0, 0.1) is 0 Å². The quantitative estimate of drug-likeness (QED) is 0.821. The topological polar surface area (TPSA) is 63.3 Å². The molecule has 2 amide bonds. The summed E-state index contributed by atoms with van der Waals surface area (Å²) in [5.41, 5.74) is 1.54. The molecule has 0 unspecified atom stereocenters. The zero-order valence-electron chi connectivity index (χ0n) is 16.2. The molecule has 1 aliphatic heterocycles. The van der Waals surface area contributed by atoms with Gasteiger partial charge >= 0.3 is 6.03 Å². The molecule has 0 radical (unpaired) electrons. The predicted molar refractivity (Wildman–Crippen MR) is 110 cm³/mol. The maximum Gasteiger partial charge on any atom is 0.322 e. The van der Waals surface area contributed by atoms with E-state index in [1.807, 2.05) is 24.3 Å². The van der Waals surface area contributed by atoms with Crippen LogP contribution >= 0.6 is 11.6 Å². The van der Waals surface area contributed by atoms with Gasteiger partial charge in [0.1, 0.15) is 17.2 Å². The van der Waals surface area contributed by atoms with Crippen molar-refractivity contribution >= 4 is 29.0 Å². The highest BCUT2D eigenvalue weighted by Gasteiger charge is 2.24. The van der Waals surface area contributed by atoms with Gasteiger partial charge in [-0.15, -0.1) is 0 Å². The lowest BCUT2D eigenvalue weighted by Crippen LogP contribution is -2.50. The molecule has 7 nitrogen and oxygen atoms in total. The molecule has 0 atom stereocenters. The van der Waals surface area contributed by atoms with E-state index in [0.29, 0.717) is 48.4 Å². The lowest BCUT2D eigenvalue weighted by Gasteiger charge is -2.36. The molecule has 8 heteroatoms. The molecule has 0 saturated carbocycles. The number of halogens is 1. The van der Waals surface area contributed by atoms with Crippen LogP contribution in [0.25, 0.3) is 0 Å². The van der Waals surface area contributed by atoms with Gasteiger partial charge in [-0.1, -0.05) is 23.7 Å². The van der Waals surface area contributed by atoms with E-state index in [4.69, 9.17) is 25.8 Å². The van der Waals surface area contributed by atoms with E-state index in [2.05, 4.69) is 10.2 Å². The largest absolute Gasteiger partial charge is 0.495 e. The number of para-hydroxylation sites is 2. The molecule has 1 saturated heterocycles. The third kappa shape index (κ3) is 4.20. The second kappa shape index (κ2) is 8.93. The van der Waals surface area contributed by atoms with Crippen LogP contribution < -0.4 is 24.4 Å². The predicted octanol–water partition coefficient (Wildman–Crippen LogP) is 3.72. The molecular weight excluding hydrogens is 382 g/mol. The number of hydrogen-bond acceptors (Lipinski definition) is 5. The summed E-state index contributed by atoms with van der Waals surface area (Å²) in [6.45, 7) is 2.62. The van der Waals surface area contributed by atoms with E-state index < -0.39 is 0 Å². The molecule has 0 aromatic heterocycles. The van der Waals surface area contributed by atoms with E-state index in [1.54, 1.807) is 24.1 Å². The second-order valence-electron chi connectivity index (χ2n) is 6.26. The third-order valence-electron chi connectivity index (χ3n) is 4.71. The monoisotopic (exact) mass is 405 g/mol. The van der Waals surface area contributed by atoms with Crippen LogP contribution in [0.1, 0.15) is 0 Å². The Morgan fingerprint density at radius 3 is 2.21 bits per heavy atom. The Hall–Kier alpha value is -2.80. The molecule has 1 aliphatic rings. The summed E-state index contributed by atoms with van der Waals surface area (Å²) in [7, 11) is 4.72. The Kier molecular flexibility index (Phi) is 6.36. The smallest absolute Gasteiger partial charge is 0.322 e. The Morgan fingerprint density at radius 2 is 1.57 bits per heavy atom. The van der Waals surface area contributed by atoms with E-state index in [1.165, 1.54) is 14.2 Å². The van der Waals surface area contributed by atoms with Gasteiger partial charge in [0.2, 0.25) is 0 Å². The molecule has 2 aromatic carbocycles. The van der Waals surface area contributed by atoms with Crippen LogP contribution in [0.2, 0.25) is 5.02 Å². The van der Waals surface area contributed by atoms with Crippen LogP contribution in [0.5, 0.6) is 17.2 Å². The van der Waals surface area contributed by atoms with Gasteiger partial charge in [0.25, 0.3) is 0 Å². The average Bonchev–Trinajstić information content (AvgIpc) is 2.74. The zero-order chi connectivity index (χ0) is 20.1. The van der Waals surface area contributed by atoms with Crippen molar-refractivity contribution in [2.24, 2.45) is 0 Å². The number of carbonyl (C=O) groups excluding carboxylic acids is 1. The molecule has 28 heavy (non-hydrogen) atoms. The summed E-state index contributed by atoms with van der Waals surface area (Å²) in [6, 6.07) is 11.0. The van der Waals surface area contributed by atoms with Gasteiger partial charge in [0.05, 0.1) is 37.7 Å². The first-order chi connectivity index (χ1) is 13.6. The number of methoxy groups -OCH3 is 3. The molecule has 1 heterocycles. The number of piperazine rings is 1. The summed E-state index contributed by atoms with van der Waals surface area (Å²) >= 11 is 6.18. The molecule has 1 N–H and O–H groups in total. The molecule has 3 rings (SSSR count). The SMILES string of the molecule is COc1cc(OC)c(NC(=O)N2CCN(c3ccccc3OC)CC2)cc1Cl. The average molecular weight is 406 g/mol. The van der Waals surface area contributed by atoms with Crippen LogP contribution in [0.3, 0.4) is 0 Å². The number of ether oxygens (including phenoxy) is 3. The van der Waals surface area contributed by atoms with Gasteiger partial charge in [0, 0.05) is 32.2 Å².